The number of para-hydroxylation sites is 1. The Morgan fingerprint density at radius 2 is 1.52 bits per heavy atom. The van der Waals surface area contributed by atoms with Crippen molar-refractivity contribution in [2.24, 2.45) is 0 Å². The normalized spacial score (nSPS) is 18.0. The summed E-state index contributed by atoms with van der Waals surface area (Å²) in [6.45, 7) is -0.772. The van der Waals surface area contributed by atoms with Crippen LogP contribution < -0.4 is 30.2 Å². The molecule has 0 bridgehead atoms. The van der Waals surface area contributed by atoms with E-state index in [2.05, 4.69) is 31.0 Å². The molecule has 1 aliphatic carbocycles. The lowest BCUT2D eigenvalue weighted by Crippen LogP contribution is -2.44. The highest BCUT2D eigenvalue weighted by molar-refractivity contribution is 5.85. The molecule has 278 valence electrons. The highest BCUT2D eigenvalue weighted by atomic mass is 16.6. The smallest absolute Gasteiger partial charge is 0.419 e. The lowest BCUT2D eigenvalue weighted by Gasteiger charge is -2.22. The summed E-state index contributed by atoms with van der Waals surface area (Å²) in [6, 6.07) is 21.4. The van der Waals surface area contributed by atoms with Gasteiger partial charge in [-0.05, 0) is 53.9 Å². The fourth-order valence-corrected chi connectivity index (χ4v) is 6.25. The first-order valence-electron chi connectivity index (χ1n) is 16.8. The third kappa shape index (κ3) is 7.47. The number of rotatable bonds is 12. The molecule has 0 unspecified atom stereocenters. The van der Waals surface area contributed by atoms with Crippen LogP contribution in [-0.2, 0) is 4.79 Å². The number of carbonyl (C=O) groups excluding carboxylic acids is 2. The molecule has 3 aromatic heterocycles. The lowest BCUT2D eigenvalue weighted by atomic mass is 9.98. The van der Waals surface area contributed by atoms with Crippen LogP contribution in [-0.4, -0.2) is 101 Å². The zero-order valence-corrected chi connectivity index (χ0v) is 29.0. The summed E-state index contributed by atoms with van der Waals surface area (Å²) in [5, 5.41) is 44.2. The molecule has 1 saturated carbocycles. The van der Waals surface area contributed by atoms with Crippen LogP contribution >= 0.6 is 0 Å². The quantitative estimate of drug-likeness (QED) is 0.106. The van der Waals surface area contributed by atoms with Gasteiger partial charge in [0.1, 0.15) is 42.4 Å². The van der Waals surface area contributed by atoms with Crippen molar-refractivity contribution in [2.45, 2.75) is 36.8 Å². The van der Waals surface area contributed by atoms with Crippen molar-refractivity contribution in [3.05, 3.63) is 103 Å². The highest BCUT2D eigenvalue weighted by Gasteiger charge is 2.44. The van der Waals surface area contributed by atoms with Gasteiger partial charge >= 0.3 is 6.09 Å². The Bertz CT molecular complexity index is 2180. The summed E-state index contributed by atoms with van der Waals surface area (Å²) < 4.78 is 18.9. The number of benzene rings is 3. The standard InChI is InChI=1S/C36H36N10O8/c1-52-22-12-8-20(9-13-22)28(21-10-14-23(53-2)15-11-21)40-32-29-33(45(18-37-29)26-16-25(30(49)31(26)50)39-27(48)17-47)42-35(41-32)46-19-38-34(44-46)43-36(51)54-24-6-4-3-5-7-24/h3-15,18-19,25-26,28,30-31,47,49-50H,16-17H2,1-2H3,(H,39,48)(H,40,41,42)(H,43,44,51)/t25-,26+,30+,31-/m0/s1. The molecule has 0 radical (unpaired) electrons. The SMILES string of the molecule is COc1ccc(C(Nc2nc(-n3cnc(NC(=O)Oc4ccccc4)n3)nc3c2ncn3[C@@H]2C[C@H](NC(=O)CO)[C@@H](O)[C@H]2O)c2ccc(OC)cc2)cc1. The van der Waals surface area contributed by atoms with Gasteiger partial charge < -0.3 is 44.7 Å². The van der Waals surface area contributed by atoms with Crippen molar-refractivity contribution in [3.63, 3.8) is 0 Å². The van der Waals surface area contributed by atoms with E-state index in [1.165, 1.54) is 17.3 Å². The predicted molar refractivity (Wildman–Crippen MR) is 192 cm³/mol. The van der Waals surface area contributed by atoms with Gasteiger partial charge in [-0.2, -0.15) is 19.6 Å². The van der Waals surface area contributed by atoms with Gasteiger partial charge in [-0.15, -0.1) is 5.10 Å². The van der Waals surface area contributed by atoms with Crippen LogP contribution in [0.25, 0.3) is 17.1 Å². The number of aliphatic hydroxyl groups is 3. The van der Waals surface area contributed by atoms with E-state index in [4.69, 9.17) is 24.2 Å². The summed E-state index contributed by atoms with van der Waals surface area (Å²) in [5.41, 5.74) is 2.29. The van der Waals surface area contributed by atoms with E-state index in [1.807, 2.05) is 48.5 Å². The van der Waals surface area contributed by atoms with Crippen molar-refractivity contribution in [3.8, 4) is 23.2 Å². The Balaban J connectivity index is 1.29. The Hall–Kier alpha value is -6.63. The molecule has 0 spiro atoms. The minimum absolute atomic E-state index is 0.0186. The second-order valence-electron chi connectivity index (χ2n) is 12.3. The van der Waals surface area contributed by atoms with Gasteiger partial charge in [0.15, 0.2) is 17.0 Å². The number of aliphatic hydroxyl groups excluding tert-OH is 3. The molecule has 0 saturated heterocycles. The van der Waals surface area contributed by atoms with Gasteiger partial charge in [0.25, 0.3) is 11.9 Å². The zero-order chi connectivity index (χ0) is 37.8. The van der Waals surface area contributed by atoms with Crippen molar-refractivity contribution in [2.75, 3.05) is 31.5 Å². The molecule has 4 atom stereocenters. The number of methoxy groups -OCH3 is 2. The third-order valence-corrected chi connectivity index (χ3v) is 8.95. The summed E-state index contributed by atoms with van der Waals surface area (Å²) in [7, 11) is 3.17. The van der Waals surface area contributed by atoms with Crippen LogP contribution in [0.4, 0.5) is 16.6 Å². The molecule has 7 rings (SSSR count). The first-order valence-corrected chi connectivity index (χ1v) is 16.8. The molecule has 1 aliphatic rings. The fourth-order valence-electron chi connectivity index (χ4n) is 6.25. The number of aromatic nitrogens is 7. The third-order valence-electron chi connectivity index (χ3n) is 8.95. The predicted octanol–water partition coefficient (Wildman–Crippen LogP) is 2.38. The van der Waals surface area contributed by atoms with Gasteiger partial charge in [0, 0.05) is 0 Å². The van der Waals surface area contributed by atoms with Crippen LogP contribution in [0.1, 0.15) is 29.6 Å². The maximum absolute atomic E-state index is 12.6. The van der Waals surface area contributed by atoms with Gasteiger partial charge in [0.2, 0.25) is 5.91 Å². The molecular weight excluding hydrogens is 700 g/mol. The van der Waals surface area contributed by atoms with Crippen molar-refractivity contribution < 1.29 is 39.1 Å². The highest BCUT2D eigenvalue weighted by Crippen LogP contribution is 2.36. The van der Waals surface area contributed by atoms with Crippen molar-refractivity contribution in [1.82, 2.24) is 39.6 Å². The van der Waals surface area contributed by atoms with E-state index in [-0.39, 0.29) is 29.8 Å². The molecule has 3 heterocycles. The van der Waals surface area contributed by atoms with Gasteiger partial charge in [-0.1, -0.05) is 42.5 Å². The van der Waals surface area contributed by atoms with Crippen LogP contribution in [0.15, 0.2) is 91.5 Å². The molecule has 6 aromatic rings. The monoisotopic (exact) mass is 736 g/mol. The zero-order valence-electron chi connectivity index (χ0n) is 29.0. The van der Waals surface area contributed by atoms with Gasteiger partial charge in [-0.3, -0.25) is 10.1 Å². The number of carbonyl (C=O) groups is 2. The van der Waals surface area contributed by atoms with Crippen molar-refractivity contribution >= 4 is 34.9 Å². The number of hydrogen-bond acceptors (Lipinski definition) is 14. The maximum Gasteiger partial charge on any atom is 0.419 e. The minimum Gasteiger partial charge on any atom is -0.497 e. The number of nitrogens with one attached hydrogen (secondary N) is 3. The van der Waals surface area contributed by atoms with Crippen molar-refractivity contribution in [1.29, 1.82) is 0 Å². The molecule has 0 aliphatic heterocycles. The Kier molecular flexibility index (Phi) is 10.3. The second-order valence-corrected chi connectivity index (χ2v) is 12.3. The first kappa shape index (κ1) is 35.8. The van der Waals surface area contributed by atoms with E-state index in [0.29, 0.717) is 22.8 Å². The van der Waals surface area contributed by atoms with E-state index in [9.17, 15) is 24.9 Å². The number of hydrogen-bond donors (Lipinski definition) is 6. The fraction of sp³-hybridized carbons (Fsp3) is 0.250. The number of nitrogens with zero attached hydrogens (tertiary/aromatic N) is 7. The summed E-state index contributed by atoms with van der Waals surface area (Å²) in [4.78, 5) is 42.9. The number of anilines is 2. The summed E-state index contributed by atoms with van der Waals surface area (Å²) >= 11 is 0. The summed E-state index contributed by atoms with van der Waals surface area (Å²) in [6.07, 6.45) is -0.601. The molecule has 18 heteroatoms. The van der Waals surface area contributed by atoms with E-state index < -0.39 is 48.9 Å². The lowest BCUT2D eigenvalue weighted by molar-refractivity contribution is -0.125. The number of ether oxygens (including phenoxy) is 3. The molecular formula is C36H36N10O8. The van der Waals surface area contributed by atoms with E-state index in [0.717, 1.165) is 11.1 Å². The maximum atomic E-state index is 12.6. The first-order chi connectivity index (χ1) is 26.2. The summed E-state index contributed by atoms with van der Waals surface area (Å²) in [5.74, 6) is 1.19. The molecule has 1 fully saturated rings. The number of imidazole rings is 1. The minimum atomic E-state index is -1.34. The molecule has 6 N–H and O–H groups in total. The molecule has 54 heavy (non-hydrogen) atoms. The molecule has 3 aromatic carbocycles. The van der Waals surface area contributed by atoms with E-state index >= 15 is 0 Å². The molecule has 18 nitrogen and oxygen atoms in total. The van der Waals surface area contributed by atoms with Crippen LogP contribution in [0, 0.1) is 0 Å². The van der Waals surface area contributed by atoms with Crippen LogP contribution in [0.3, 0.4) is 0 Å². The Labute approximate surface area is 307 Å². The molecule has 2 amide bonds. The number of amides is 2. The second kappa shape index (κ2) is 15.5. The van der Waals surface area contributed by atoms with Crippen LogP contribution in [0.2, 0.25) is 0 Å². The van der Waals surface area contributed by atoms with E-state index in [1.54, 1.807) is 49.1 Å². The van der Waals surface area contributed by atoms with Crippen LogP contribution in [0.5, 0.6) is 17.2 Å². The van der Waals surface area contributed by atoms with Gasteiger partial charge in [-0.25, -0.2) is 9.78 Å². The topological polar surface area (TPSA) is 233 Å². The Morgan fingerprint density at radius 3 is 2.15 bits per heavy atom. The average Bonchev–Trinajstić information content (AvgIpc) is 3.92. The Morgan fingerprint density at radius 1 is 0.852 bits per heavy atom. The number of fused-ring (bicyclic) bond motifs is 1. The largest absolute Gasteiger partial charge is 0.497 e. The van der Waals surface area contributed by atoms with Gasteiger partial charge in [0.05, 0.1) is 38.7 Å². The average molecular weight is 737 g/mol.